The summed E-state index contributed by atoms with van der Waals surface area (Å²) in [6.07, 6.45) is 3.44. The molecule has 21 heavy (non-hydrogen) atoms. The largest absolute Gasteiger partial charge is 0.324 e. The van der Waals surface area contributed by atoms with E-state index < -0.39 is 27.7 Å². The molecule has 0 bridgehead atoms. The van der Waals surface area contributed by atoms with Gasteiger partial charge in [0.15, 0.2) is 11.6 Å². The van der Waals surface area contributed by atoms with Crippen molar-refractivity contribution in [1.82, 2.24) is 4.31 Å². The lowest BCUT2D eigenvalue weighted by atomic mass is 9.90. The molecule has 0 radical (unpaired) electrons. The van der Waals surface area contributed by atoms with Crippen molar-refractivity contribution in [2.45, 2.75) is 25.3 Å². The van der Waals surface area contributed by atoms with Gasteiger partial charge in [0.05, 0.1) is 6.26 Å². The molecule has 2 N–H and O–H groups in total. The molecule has 1 heterocycles. The smallest absolute Gasteiger partial charge is 0.211 e. The molecule has 2 rings (SSSR count). The van der Waals surface area contributed by atoms with Crippen molar-refractivity contribution in [2.75, 3.05) is 19.3 Å². The predicted molar refractivity (Wildman–Crippen MR) is 77.0 cm³/mol. The van der Waals surface area contributed by atoms with Gasteiger partial charge in [-0.25, -0.2) is 21.5 Å². The highest BCUT2D eigenvalue weighted by molar-refractivity contribution is 7.88. The highest BCUT2D eigenvalue weighted by Gasteiger charge is 2.27. The molecule has 0 amide bonds. The molecule has 1 fully saturated rings. The van der Waals surface area contributed by atoms with Crippen molar-refractivity contribution in [3.63, 3.8) is 0 Å². The van der Waals surface area contributed by atoms with E-state index in [0.29, 0.717) is 25.1 Å². The van der Waals surface area contributed by atoms with Gasteiger partial charge in [-0.1, -0.05) is 6.07 Å². The molecule has 0 aromatic heterocycles. The number of nitrogens with zero attached hydrogens (tertiary/aromatic N) is 1. The van der Waals surface area contributed by atoms with E-state index in [2.05, 4.69) is 0 Å². The fraction of sp³-hybridized carbons (Fsp3) is 0.571. The Morgan fingerprint density at radius 1 is 1.38 bits per heavy atom. The Morgan fingerprint density at radius 2 is 2.10 bits per heavy atom. The van der Waals surface area contributed by atoms with Crippen LogP contribution in [0.4, 0.5) is 8.78 Å². The van der Waals surface area contributed by atoms with Gasteiger partial charge in [0.2, 0.25) is 10.0 Å². The van der Waals surface area contributed by atoms with Crippen LogP contribution in [-0.2, 0) is 10.0 Å². The minimum absolute atomic E-state index is 0.136. The zero-order chi connectivity index (χ0) is 15.6. The van der Waals surface area contributed by atoms with Crippen molar-refractivity contribution < 1.29 is 17.2 Å². The normalized spacial score (nSPS) is 22.2. The van der Waals surface area contributed by atoms with Crippen LogP contribution in [0.2, 0.25) is 0 Å². The molecule has 0 aliphatic carbocycles. The van der Waals surface area contributed by atoms with E-state index >= 15 is 0 Å². The average Bonchev–Trinajstić information content (AvgIpc) is 2.41. The minimum atomic E-state index is -3.19. The first-order valence-corrected chi connectivity index (χ1v) is 8.78. The molecule has 0 saturated carbocycles. The van der Waals surface area contributed by atoms with E-state index in [1.54, 1.807) is 0 Å². The van der Waals surface area contributed by atoms with Gasteiger partial charge >= 0.3 is 0 Å². The third-order valence-corrected chi connectivity index (χ3v) is 5.18. The van der Waals surface area contributed by atoms with E-state index in [1.807, 2.05) is 0 Å². The van der Waals surface area contributed by atoms with Gasteiger partial charge < -0.3 is 5.73 Å². The number of hydrogen-bond donors (Lipinski definition) is 1. The van der Waals surface area contributed by atoms with Gasteiger partial charge in [0.25, 0.3) is 0 Å². The summed E-state index contributed by atoms with van der Waals surface area (Å²) in [6.45, 7) is 0.978. The van der Waals surface area contributed by atoms with Crippen LogP contribution in [0.25, 0.3) is 0 Å². The molecule has 1 aliphatic heterocycles. The molecule has 1 saturated heterocycles. The summed E-state index contributed by atoms with van der Waals surface area (Å²) in [6, 6.07) is 3.22. The Hall–Kier alpha value is -1.05. The first kappa shape index (κ1) is 16.3. The highest BCUT2D eigenvalue weighted by atomic mass is 32.2. The SMILES string of the molecule is CS(=O)(=O)N1CCCC(CC(N)c2ccc(F)c(F)c2)C1. The maximum absolute atomic E-state index is 13.2. The van der Waals surface area contributed by atoms with Crippen molar-refractivity contribution in [1.29, 1.82) is 0 Å². The summed E-state index contributed by atoms with van der Waals surface area (Å²) in [4.78, 5) is 0. The lowest BCUT2D eigenvalue weighted by Gasteiger charge is -2.32. The van der Waals surface area contributed by atoms with E-state index in [4.69, 9.17) is 5.73 Å². The predicted octanol–water partition coefficient (Wildman–Crippen LogP) is 2.03. The summed E-state index contributed by atoms with van der Waals surface area (Å²) in [5, 5.41) is 0. The van der Waals surface area contributed by atoms with Gasteiger partial charge in [-0.05, 0) is 42.9 Å². The molecule has 4 nitrogen and oxygen atoms in total. The zero-order valence-corrected chi connectivity index (χ0v) is 12.7. The Balaban J connectivity index is 2.02. The molecule has 2 atom stereocenters. The molecule has 7 heteroatoms. The van der Waals surface area contributed by atoms with Crippen LogP contribution in [-0.4, -0.2) is 32.1 Å². The van der Waals surface area contributed by atoms with Crippen LogP contribution in [0, 0.1) is 17.6 Å². The van der Waals surface area contributed by atoms with E-state index in [9.17, 15) is 17.2 Å². The van der Waals surface area contributed by atoms with Gasteiger partial charge in [-0.2, -0.15) is 0 Å². The average molecular weight is 318 g/mol. The van der Waals surface area contributed by atoms with Crippen LogP contribution in [0.1, 0.15) is 30.9 Å². The lowest BCUT2D eigenvalue weighted by Crippen LogP contribution is -2.40. The summed E-state index contributed by atoms with van der Waals surface area (Å²) in [5.41, 5.74) is 6.57. The third-order valence-electron chi connectivity index (χ3n) is 3.91. The maximum Gasteiger partial charge on any atom is 0.211 e. The van der Waals surface area contributed by atoms with Crippen LogP contribution in [0.15, 0.2) is 18.2 Å². The fourth-order valence-corrected chi connectivity index (χ4v) is 3.70. The van der Waals surface area contributed by atoms with Gasteiger partial charge in [0.1, 0.15) is 0 Å². The van der Waals surface area contributed by atoms with Crippen LogP contribution < -0.4 is 5.73 Å². The number of hydrogen-bond acceptors (Lipinski definition) is 3. The number of piperidine rings is 1. The highest BCUT2D eigenvalue weighted by Crippen LogP contribution is 2.27. The molecular weight excluding hydrogens is 298 g/mol. The quantitative estimate of drug-likeness (QED) is 0.924. The Morgan fingerprint density at radius 3 is 2.71 bits per heavy atom. The molecule has 2 unspecified atom stereocenters. The topological polar surface area (TPSA) is 63.4 Å². The second kappa shape index (κ2) is 6.37. The number of nitrogens with two attached hydrogens (primary N) is 1. The van der Waals surface area contributed by atoms with E-state index in [-0.39, 0.29) is 5.92 Å². The van der Waals surface area contributed by atoms with Gasteiger partial charge in [0, 0.05) is 19.1 Å². The number of rotatable bonds is 4. The third kappa shape index (κ3) is 4.21. The molecule has 118 valence electrons. The number of benzene rings is 1. The Labute approximate surface area is 124 Å². The second-order valence-electron chi connectivity index (χ2n) is 5.65. The van der Waals surface area contributed by atoms with Crippen molar-refractivity contribution in [3.05, 3.63) is 35.4 Å². The summed E-state index contributed by atoms with van der Waals surface area (Å²) in [7, 11) is -3.19. The molecular formula is C14H20F2N2O2S. The van der Waals surface area contributed by atoms with E-state index in [0.717, 1.165) is 25.0 Å². The van der Waals surface area contributed by atoms with Crippen LogP contribution in [0.5, 0.6) is 0 Å². The first-order valence-electron chi connectivity index (χ1n) is 6.93. The van der Waals surface area contributed by atoms with Crippen molar-refractivity contribution in [2.24, 2.45) is 11.7 Å². The fourth-order valence-electron chi connectivity index (χ4n) is 2.76. The Kier molecular flexibility index (Phi) is 4.95. The Bertz CT molecular complexity index is 607. The van der Waals surface area contributed by atoms with Crippen LogP contribution in [0.3, 0.4) is 0 Å². The minimum Gasteiger partial charge on any atom is -0.324 e. The zero-order valence-electron chi connectivity index (χ0n) is 11.9. The van der Waals surface area contributed by atoms with Crippen LogP contribution >= 0.6 is 0 Å². The van der Waals surface area contributed by atoms with Gasteiger partial charge in [-0.15, -0.1) is 0 Å². The van der Waals surface area contributed by atoms with Gasteiger partial charge in [-0.3, -0.25) is 0 Å². The number of sulfonamides is 1. The molecule has 1 aromatic rings. The molecule has 1 aliphatic rings. The molecule has 1 aromatic carbocycles. The standard InChI is InChI=1S/C14H20F2N2O2S/c1-21(19,20)18-6-2-3-10(9-18)7-14(17)11-4-5-12(15)13(16)8-11/h4-5,8,10,14H,2-3,6-7,9,17H2,1H3. The second-order valence-corrected chi connectivity index (χ2v) is 7.63. The molecule has 0 spiro atoms. The lowest BCUT2D eigenvalue weighted by molar-refractivity contribution is 0.247. The van der Waals surface area contributed by atoms with Crippen molar-refractivity contribution >= 4 is 10.0 Å². The summed E-state index contributed by atoms with van der Waals surface area (Å²) < 4.78 is 50.7. The van der Waals surface area contributed by atoms with Crippen molar-refractivity contribution in [3.8, 4) is 0 Å². The monoisotopic (exact) mass is 318 g/mol. The number of halogens is 2. The summed E-state index contributed by atoms with van der Waals surface area (Å²) >= 11 is 0. The summed E-state index contributed by atoms with van der Waals surface area (Å²) in [5.74, 6) is -1.67. The first-order chi connectivity index (χ1) is 9.77. The maximum atomic E-state index is 13.2. The van der Waals surface area contributed by atoms with E-state index in [1.165, 1.54) is 16.6 Å².